The maximum Gasteiger partial charge on any atom is 0.0862 e. The van der Waals surface area contributed by atoms with Gasteiger partial charge in [0.05, 0.1) is 11.9 Å². The molecule has 1 rings (SSSR count). The number of aromatic nitrogens is 2. The highest BCUT2D eigenvalue weighted by Crippen LogP contribution is 1.96. The zero-order valence-corrected chi connectivity index (χ0v) is 5.89. The predicted molar refractivity (Wildman–Crippen MR) is 36.0 cm³/mol. The summed E-state index contributed by atoms with van der Waals surface area (Å²) in [6, 6.07) is 1.93. The van der Waals surface area contributed by atoms with Gasteiger partial charge in [0.2, 0.25) is 0 Å². The molecule has 0 aromatic carbocycles. The van der Waals surface area contributed by atoms with Crippen LogP contribution in [0.4, 0.5) is 0 Å². The van der Waals surface area contributed by atoms with Gasteiger partial charge in [-0.2, -0.15) is 5.10 Å². The lowest BCUT2D eigenvalue weighted by Crippen LogP contribution is -1.90. The van der Waals surface area contributed by atoms with Crippen LogP contribution >= 0.6 is 0 Å². The van der Waals surface area contributed by atoms with Crippen molar-refractivity contribution in [2.75, 3.05) is 0 Å². The van der Waals surface area contributed by atoms with Crippen LogP contribution in [-0.2, 0) is 13.5 Å². The van der Waals surface area contributed by atoms with Crippen molar-refractivity contribution in [3.05, 3.63) is 18.0 Å². The van der Waals surface area contributed by atoms with Crippen molar-refractivity contribution >= 4 is 0 Å². The van der Waals surface area contributed by atoms with E-state index in [1.165, 1.54) is 0 Å². The number of nitrogens with zero attached hydrogens (tertiary/aromatic N) is 2. The summed E-state index contributed by atoms with van der Waals surface area (Å²) in [6.45, 7) is 2.15. The molecule has 1 aromatic rings. The molecular formula is C7H11N2. The summed E-state index contributed by atoms with van der Waals surface area (Å²) in [5, 5.41) is 4.16. The summed E-state index contributed by atoms with van der Waals surface area (Å²) in [4.78, 5) is 0. The second kappa shape index (κ2) is 2.67. The van der Waals surface area contributed by atoms with E-state index >= 15 is 0 Å². The number of hydrogen-bond donors (Lipinski definition) is 0. The lowest BCUT2D eigenvalue weighted by Gasteiger charge is -1.87. The molecule has 1 radical (unpaired) electrons. The average molecular weight is 123 g/mol. The van der Waals surface area contributed by atoms with Crippen LogP contribution < -0.4 is 0 Å². The normalized spacial score (nSPS) is 10.0. The Morgan fingerprint density at radius 3 is 3.00 bits per heavy atom. The number of hydrogen-bond acceptors (Lipinski definition) is 1. The van der Waals surface area contributed by atoms with Gasteiger partial charge in [-0.1, -0.05) is 13.3 Å². The smallest absolute Gasteiger partial charge is 0.0862 e. The van der Waals surface area contributed by atoms with Crippen molar-refractivity contribution in [2.24, 2.45) is 7.05 Å². The summed E-state index contributed by atoms with van der Waals surface area (Å²) in [5.41, 5.74) is 1.14. The van der Waals surface area contributed by atoms with Gasteiger partial charge in [0.25, 0.3) is 0 Å². The quantitative estimate of drug-likeness (QED) is 0.577. The van der Waals surface area contributed by atoms with Crippen LogP contribution in [0.2, 0.25) is 0 Å². The molecule has 0 saturated carbocycles. The Labute approximate surface area is 55.5 Å². The minimum atomic E-state index is 1.07. The Morgan fingerprint density at radius 1 is 1.78 bits per heavy atom. The first-order valence-corrected chi connectivity index (χ1v) is 3.23. The lowest BCUT2D eigenvalue weighted by molar-refractivity contribution is 0.729. The monoisotopic (exact) mass is 123 g/mol. The van der Waals surface area contributed by atoms with Crippen molar-refractivity contribution in [2.45, 2.75) is 19.8 Å². The molecule has 2 heteroatoms. The molecule has 0 spiro atoms. The highest BCUT2D eigenvalue weighted by molar-refractivity contribution is 4.96. The molecule has 0 bridgehead atoms. The lowest BCUT2D eigenvalue weighted by atomic mass is 10.3. The van der Waals surface area contributed by atoms with Gasteiger partial charge in [0.15, 0.2) is 0 Å². The van der Waals surface area contributed by atoms with Gasteiger partial charge in [-0.25, -0.2) is 0 Å². The first-order chi connectivity index (χ1) is 4.33. The highest BCUT2D eigenvalue weighted by atomic mass is 15.2. The van der Waals surface area contributed by atoms with Crippen molar-refractivity contribution in [3.8, 4) is 0 Å². The fourth-order valence-corrected chi connectivity index (χ4v) is 0.797. The molecule has 2 nitrogen and oxygen atoms in total. The summed E-state index contributed by atoms with van der Waals surface area (Å²) in [7, 11) is 1.89. The Hall–Kier alpha value is -0.790. The van der Waals surface area contributed by atoms with E-state index in [-0.39, 0.29) is 0 Å². The molecule has 0 aliphatic heterocycles. The van der Waals surface area contributed by atoms with Gasteiger partial charge < -0.3 is 0 Å². The maximum absolute atomic E-state index is 4.16. The summed E-state index contributed by atoms with van der Waals surface area (Å²) in [5.74, 6) is 0. The predicted octanol–water partition coefficient (Wildman–Crippen LogP) is 1.17. The van der Waals surface area contributed by atoms with Crippen LogP contribution in [0.3, 0.4) is 0 Å². The molecule has 49 valence electrons. The van der Waals surface area contributed by atoms with Crippen molar-refractivity contribution in [1.82, 2.24) is 9.78 Å². The first kappa shape index (κ1) is 6.33. The largest absolute Gasteiger partial charge is 0.266 e. The molecule has 0 aliphatic carbocycles. The standard InChI is InChI=1S/C7H11N2/c1-3-4-7-5-6-9(2)8-7/h5H,3-4H2,1-2H3. The van der Waals surface area contributed by atoms with Gasteiger partial charge in [-0.3, -0.25) is 4.68 Å². The van der Waals surface area contributed by atoms with E-state index in [0.717, 1.165) is 18.5 Å². The SMILES string of the molecule is CCCc1c[c]n(C)n1. The van der Waals surface area contributed by atoms with Gasteiger partial charge >= 0.3 is 0 Å². The third kappa shape index (κ3) is 1.56. The molecule has 0 aliphatic rings. The van der Waals surface area contributed by atoms with Crippen LogP contribution in [0.25, 0.3) is 0 Å². The maximum atomic E-state index is 4.16. The van der Waals surface area contributed by atoms with Crippen LogP contribution in [0.5, 0.6) is 0 Å². The Balaban J connectivity index is 2.61. The van der Waals surface area contributed by atoms with E-state index in [1.807, 2.05) is 13.1 Å². The van der Waals surface area contributed by atoms with E-state index in [0.29, 0.717) is 0 Å². The van der Waals surface area contributed by atoms with E-state index in [9.17, 15) is 0 Å². The van der Waals surface area contributed by atoms with Crippen molar-refractivity contribution in [3.63, 3.8) is 0 Å². The Bertz CT molecular complexity index is 179. The molecule has 1 heterocycles. The minimum absolute atomic E-state index is 1.07. The molecule has 9 heavy (non-hydrogen) atoms. The fourth-order valence-electron chi connectivity index (χ4n) is 0.797. The van der Waals surface area contributed by atoms with E-state index < -0.39 is 0 Å². The molecule has 0 fully saturated rings. The summed E-state index contributed by atoms with van der Waals surface area (Å²) in [6.07, 6.45) is 5.18. The van der Waals surface area contributed by atoms with Crippen LogP contribution in [-0.4, -0.2) is 9.78 Å². The zero-order chi connectivity index (χ0) is 6.69. The third-order valence-electron chi connectivity index (χ3n) is 1.20. The van der Waals surface area contributed by atoms with E-state index in [4.69, 9.17) is 0 Å². The number of rotatable bonds is 2. The molecule has 0 amide bonds. The number of aryl methyl sites for hydroxylation is 2. The molecular weight excluding hydrogens is 112 g/mol. The van der Waals surface area contributed by atoms with Crippen molar-refractivity contribution < 1.29 is 0 Å². The summed E-state index contributed by atoms with van der Waals surface area (Å²) < 4.78 is 1.71. The average Bonchev–Trinajstić information content (AvgIpc) is 2.17. The fraction of sp³-hybridized carbons (Fsp3) is 0.571. The zero-order valence-electron chi connectivity index (χ0n) is 5.89. The molecule has 0 unspecified atom stereocenters. The molecule has 1 aromatic heterocycles. The van der Waals surface area contributed by atoms with Gasteiger partial charge in [0, 0.05) is 7.05 Å². The second-order valence-electron chi connectivity index (χ2n) is 2.14. The van der Waals surface area contributed by atoms with Gasteiger partial charge in [-0.15, -0.1) is 0 Å². The second-order valence-corrected chi connectivity index (χ2v) is 2.14. The highest BCUT2D eigenvalue weighted by Gasteiger charge is 1.92. The van der Waals surface area contributed by atoms with Crippen LogP contribution in [0, 0.1) is 6.20 Å². The molecule has 0 atom stereocenters. The minimum Gasteiger partial charge on any atom is -0.266 e. The van der Waals surface area contributed by atoms with Crippen LogP contribution in [0.15, 0.2) is 6.07 Å². The summed E-state index contributed by atoms with van der Waals surface area (Å²) >= 11 is 0. The van der Waals surface area contributed by atoms with E-state index in [1.54, 1.807) is 4.68 Å². The van der Waals surface area contributed by atoms with E-state index in [2.05, 4.69) is 18.2 Å². The van der Waals surface area contributed by atoms with Crippen molar-refractivity contribution in [1.29, 1.82) is 0 Å². The van der Waals surface area contributed by atoms with Gasteiger partial charge in [0.1, 0.15) is 0 Å². The van der Waals surface area contributed by atoms with Crippen LogP contribution in [0.1, 0.15) is 19.0 Å². The first-order valence-electron chi connectivity index (χ1n) is 3.23. The Morgan fingerprint density at radius 2 is 2.56 bits per heavy atom. The van der Waals surface area contributed by atoms with Gasteiger partial charge in [-0.05, 0) is 12.5 Å². The molecule has 0 N–H and O–H groups in total. The topological polar surface area (TPSA) is 17.8 Å². The third-order valence-corrected chi connectivity index (χ3v) is 1.20. The molecule has 0 saturated heterocycles. The Kier molecular flexibility index (Phi) is 1.88.